The normalized spacial score (nSPS) is 20.1. The van der Waals surface area contributed by atoms with E-state index in [1.807, 2.05) is 0 Å². The lowest BCUT2D eigenvalue weighted by Crippen LogP contribution is -2.55. The Morgan fingerprint density at radius 3 is 2.57 bits per heavy atom. The molecule has 118 valence electrons. The van der Waals surface area contributed by atoms with E-state index in [2.05, 4.69) is 9.57 Å². The highest BCUT2D eigenvalue weighted by atomic mass is 19.1. The van der Waals surface area contributed by atoms with Gasteiger partial charge in [0.15, 0.2) is 0 Å². The molecule has 1 rings (SSSR count). The number of hydrogen-bond acceptors (Lipinski definition) is 5. The molecule has 0 saturated heterocycles. The molecule has 2 N–H and O–H groups in total. The van der Waals surface area contributed by atoms with Gasteiger partial charge in [0.2, 0.25) is 5.91 Å². The fourth-order valence-electron chi connectivity index (χ4n) is 1.81. The summed E-state index contributed by atoms with van der Waals surface area (Å²) in [7, 11) is 0. The fraction of sp³-hybridized carbons (Fsp3) is 0.583. The third kappa shape index (κ3) is 3.69. The van der Waals surface area contributed by atoms with Gasteiger partial charge in [-0.15, -0.1) is 0 Å². The molecule has 21 heavy (non-hydrogen) atoms. The molecule has 3 amide bonds. The van der Waals surface area contributed by atoms with E-state index >= 15 is 0 Å². The molecule has 1 heterocycles. The molecule has 0 aromatic rings. The largest absolute Gasteiger partial charge is 0.462 e. The highest BCUT2D eigenvalue weighted by Crippen LogP contribution is 2.21. The van der Waals surface area contributed by atoms with E-state index in [1.54, 1.807) is 6.92 Å². The van der Waals surface area contributed by atoms with Gasteiger partial charge >= 0.3 is 18.4 Å². The van der Waals surface area contributed by atoms with Gasteiger partial charge in [0.1, 0.15) is 6.04 Å². The maximum atomic E-state index is 13.6. The van der Waals surface area contributed by atoms with Gasteiger partial charge in [0, 0.05) is 12.2 Å². The number of carbonyl (C=O) groups excluding carboxylic acids is 3. The minimum absolute atomic E-state index is 0.0176. The molecule has 2 atom stereocenters. The molecular weight excluding hydrogens is 285 g/mol. The van der Waals surface area contributed by atoms with Gasteiger partial charge in [-0.2, -0.15) is 5.06 Å². The lowest BCUT2D eigenvalue weighted by molar-refractivity contribution is -0.215. The van der Waals surface area contributed by atoms with Gasteiger partial charge in [0.05, 0.1) is 6.61 Å². The number of rotatable bonds is 6. The molecule has 8 nitrogen and oxygen atoms in total. The number of alkyl halides is 1. The molecule has 1 aliphatic heterocycles. The van der Waals surface area contributed by atoms with Crippen LogP contribution in [-0.2, 0) is 19.2 Å². The van der Waals surface area contributed by atoms with Crippen molar-refractivity contribution in [3.05, 3.63) is 11.8 Å². The van der Waals surface area contributed by atoms with Crippen LogP contribution in [0.5, 0.6) is 0 Å². The van der Waals surface area contributed by atoms with Gasteiger partial charge in [0.25, 0.3) is 0 Å². The van der Waals surface area contributed by atoms with Crippen LogP contribution in [0, 0.1) is 0 Å². The summed E-state index contributed by atoms with van der Waals surface area (Å²) in [5, 5.41) is 0.602. The zero-order valence-electron chi connectivity index (χ0n) is 12.0. The average Bonchev–Trinajstić information content (AvgIpc) is 2.42. The number of esters is 1. The van der Waals surface area contributed by atoms with Crippen LogP contribution in [0.15, 0.2) is 11.8 Å². The fourth-order valence-corrected chi connectivity index (χ4v) is 1.81. The van der Waals surface area contributed by atoms with Crippen molar-refractivity contribution >= 4 is 17.9 Å². The molecule has 0 aliphatic carbocycles. The average molecular weight is 303 g/mol. The Kier molecular flexibility index (Phi) is 5.65. The summed E-state index contributed by atoms with van der Waals surface area (Å²) >= 11 is 0. The van der Waals surface area contributed by atoms with Gasteiger partial charge in [-0.25, -0.2) is 18.8 Å². The zero-order chi connectivity index (χ0) is 16.2. The van der Waals surface area contributed by atoms with E-state index in [4.69, 9.17) is 5.73 Å². The summed E-state index contributed by atoms with van der Waals surface area (Å²) in [6.07, 6.45) is -1.09. The van der Waals surface area contributed by atoms with E-state index in [9.17, 15) is 18.8 Å². The summed E-state index contributed by atoms with van der Waals surface area (Å²) in [5.74, 6) is -1.95. The smallest absolute Gasteiger partial charge is 0.371 e. The SMILES string of the molecule is CCOC(=O)[C@@H](F)ON1C(=O)N(CC)[C@H](C(N)=O)C=C1C. The highest BCUT2D eigenvalue weighted by Gasteiger charge is 2.38. The lowest BCUT2D eigenvalue weighted by atomic mass is 10.1. The number of ether oxygens (including phenoxy) is 1. The zero-order valence-corrected chi connectivity index (χ0v) is 12.0. The summed E-state index contributed by atoms with van der Waals surface area (Å²) in [6.45, 7) is 4.71. The van der Waals surface area contributed by atoms with Crippen molar-refractivity contribution in [1.82, 2.24) is 9.96 Å². The first-order chi connectivity index (χ1) is 9.83. The number of likely N-dealkylation sites (N-methyl/N-ethyl adjacent to an activating group) is 1. The summed E-state index contributed by atoms with van der Waals surface area (Å²) in [4.78, 5) is 40.4. The third-order valence-corrected chi connectivity index (χ3v) is 2.78. The van der Waals surface area contributed by atoms with Crippen molar-refractivity contribution < 1.29 is 28.3 Å². The van der Waals surface area contributed by atoms with Crippen molar-refractivity contribution in [2.24, 2.45) is 5.73 Å². The molecule has 1 aliphatic rings. The second kappa shape index (κ2) is 7.02. The maximum absolute atomic E-state index is 13.6. The predicted octanol–water partition coefficient (Wildman–Crippen LogP) is 0.292. The van der Waals surface area contributed by atoms with E-state index < -0.39 is 30.3 Å². The number of nitrogens with zero attached hydrogens (tertiary/aromatic N) is 2. The number of hydrogen-bond donors (Lipinski definition) is 1. The molecular formula is C12H18FN3O5. The van der Waals surface area contributed by atoms with Crippen LogP contribution < -0.4 is 5.73 Å². The maximum Gasteiger partial charge on any atom is 0.371 e. The van der Waals surface area contributed by atoms with Crippen molar-refractivity contribution in [2.45, 2.75) is 33.2 Å². The van der Waals surface area contributed by atoms with Crippen molar-refractivity contribution in [3.8, 4) is 0 Å². The summed E-state index contributed by atoms with van der Waals surface area (Å²) in [6, 6.07) is -1.73. The molecule has 0 saturated carbocycles. The molecule has 0 unspecified atom stereocenters. The standard InChI is InChI=1S/C12H18FN3O5/c1-4-15-8(10(14)17)6-7(3)16(12(15)19)21-9(13)11(18)20-5-2/h6,8-9H,4-5H2,1-3H3,(H2,14,17)/t8-,9-/m0/s1. The molecule has 0 aromatic carbocycles. The Morgan fingerprint density at radius 1 is 1.48 bits per heavy atom. The lowest BCUT2D eigenvalue weighted by Gasteiger charge is -2.37. The molecule has 0 bridgehead atoms. The van der Waals surface area contributed by atoms with E-state index in [-0.39, 0.29) is 18.8 Å². The molecule has 0 fully saturated rings. The first-order valence-electron chi connectivity index (χ1n) is 6.39. The van der Waals surface area contributed by atoms with Crippen LogP contribution in [0.1, 0.15) is 20.8 Å². The van der Waals surface area contributed by atoms with Crippen LogP contribution >= 0.6 is 0 Å². The van der Waals surface area contributed by atoms with Crippen LogP contribution in [0.3, 0.4) is 0 Å². The first kappa shape index (κ1) is 16.9. The molecule has 9 heteroatoms. The van der Waals surface area contributed by atoms with E-state index in [1.165, 1.54) is 19.9 Å². The van der Waals surface area contributed by atoms with Crippen molar-refractivity contribution in [3.63, 3.8) is 0 Å². The Labute approximate surface area is 121 Å². The van der Waals surface area contributed by atoms with Gasteiger partial charge in [-0.1, -0.05) is 0 Å². The Bertz CT molecular complexity index is 468. The molecule has 0 radical (unpaired) electrons. The Balaban J connectivity index is 2.93. The Hall–Kier alpha value is -2.16. The Morgan fingerprint density at radius 2 is 2.10 bits per heavy atom. The number of carbonyl (C=O) groups is 3. The van der Waals surface area contributed by atoms with Crippen LogP contribution in [0.2, 0.25) is 0 Å². The summed E-state index contributed by atoms with van der Waals surface area (Å²) < 4.78 is 18.0. The number of hydroxylamine groups is 2. The number of halogens is 1. The monoisotopic (exact) mass is 303 g/mol. The number of urea groups is 1. The minimum atomic E-state index is -2.44. The predicted molar refractivity (Wildman–Crippen MR) is 69.0 cm³/mol. The minimum Gasteiger partial charge on any atom is -0.462 e. The number of primary amides is 1. The number of nitrogens with two attached hydrogens (primary N) is 1. The summed E-state index contributed by atoms with van der Waals surface area (Å²) in [5.41, 5.74) is 5.36. The number of allylic oxidation sites excluding steroid dienone is 1. The van der Waals surface area contributed by atoms with E-state index in [0.717, 1.165) is 4.90 Å². The second-order valence-electron chi connectivity index (χ2n) is 4.19. The molecule has 0 aromatic heterocycles. The van der Waals surface area contributed by atoms with Crippen molar-refractivity contribution in [2.75, 3.05) is 13.2 Å². The first-order valence-corrected chi connectivity index (χ1v) is 6.39. The van der Waals surface area contributed by atoms with Crippen LogP contribution in [-0.4, -0.2) is 53.4 Å². The van der Waals surface area contributed by atoms with Crippen LogP contribution in [0.4, 0.5) is 9.18 Å². The second-order valence-corrected chi connectivity index (χ2v) is 4.19. The molecule has 0 spiro atoms. The van der Waals surface area contributed by atoms with Crippen molar-refractivity contribution in [1.29, 1.82) is 0 Å². The highest BCUT2D eigenvalue weighted by molar-refractivity contribution is 5.89. The topological polar surface area (TPSA) is 102 Å². The van der Waals surface area contributed by atoms with Gasteiger partial charge < -0.3 is 15.4 Å². The quantitative estimate of drug-likeness (QED) is 0.711. The van der Waals surface area contributed by atoms with E-state index in [0.29, 0.717) is 5.06 Å². The van der Waals surface area contributed by atoms with Gasteiger partial charge in [-0.05, 0) is 26.8 Å². The third-order valence-electron chi connectivity index (χ3n) is 2.78. The van der Waals surface area contributed by atoms with Gasteiger partial charge in [-0.3, -0.25) is 4.79 Å². The van der Waals surface area contributed by atoms with Crippen LogP contribution in [0.25, 0.3) is 0 Å². The number of amides is 3.